The average molecular weight is 295 g/mol. The molecule has 0 heterocycles. The third-order valence-corrected chi connectivity index (χ3v) is 4.32. The van der Waals surface area contributed by atoms with E-state index in [2.05, 4.69) is 79.4 Å². The van der Waals surface area contributed by atoms with E-state index in [1.807, 2.05) is 0 Å². The predicted molar refractivity (Wildman–Crippen MR) is 96.1 cm³/mol. The topological polar surface area (TPSA) is 3.24 Å². The van der Waals surface area contributed by atoms with Crippen molar-refractivity contribution in [1.29, 1.82) is 0 Å². The van der Waals surface area contributed by atoms with E-state index in [0.717, 1.165) is 6.54 Å². The van der Waals surface area contributed by atoms with Gasteiger partial charge in [-0.1, -0.05) is 80.9 Å². The van der Waals surface area contributed by atoms with Gasteiger partial charge in [0.15, 0.2) is 0 Å². The maximum absolute atomic E-state index is 2.61. The number of rotatable bonds is 9. The average Bonchev–Trinajstić information content (AvgIpc) is 2.58. The van der Waals surface area contributed by atoms with Crippen LogP contribution in [0.25, 0.3) is 0 Å². The van der Waals surface area contributed by atoms with Crippen LogP contribution in [0.4, 0.5) is 0 Å². The summed E-state index contributed by atoms with van der Waals surface area (Å²) in [5.41, 5.74) is 2.88. The third kappa shape index (κ3) is 5.65. The Hall–Kier alpha value is -1.60. The van der Waals surface area contributed by atoms with Gasteiger partial charge in [-0.25, -0.2) is 0 Å². The van der Waals surface area contributed by atoms with E-state index in [9.17, 15) is 0 Å². The molecule has 0 bridgehead atoms. The van der Waals surface area contributed by atoms with Crippen LogP contribution in [0.15, 0.2) is 60.7 Å². The monoisotopic (exact) mass is 295 g/mol. The predicted octanol–water partition coefficient (Wildman–Crippen LogP) is 5.48. The van der Waals surface area contributed by atoms with Gasteiger partial charge in [0.1, 0.15) is 0 Å². The Morgan fingerprint density at radius 1 is 0.864 bits per heavy atom. The first-order chi connectivity index (χ1) is 10.8. The zero-order valence-electron chi connectivity index (χ0n) is 14.0. The van der Waals surface area contributed by atoms with Gasteiger partial charge in [-0.3, -0.25) is 4.90 Å². The van der Waals surface area contributed by atoms with E-state index in [0.29, 0.717) is 5.92 Å². The molecule has 0 aliphatic heterocycles. The quantitative estimate of drug-likeness (QED) is 0.592. The van der Waals surface area contributed by atoms with Crippen LogP contribution >= 0.6 is 0 Å². The molecule has 22 heavy (non-hydrogen) atoms. The van der Waals surface area contributed by atoms with Gasteiger partial charge in [0, 0.05) is 6.54 Å². The van der Waals surface area contributed by atoms with Crippen molar-refractivity contribution in [3.8, 4) is 0 Å². The molecule has 118 valence electrons. The number of hydrogen-bond acceptors (Lipinski definition) is 1. The molecule has 1 heteroatoms. The van der Waals surface area contributed by atoms with Crippen LogP contribution < -0.4 is 0 Å². The van der Waals surface area contributed by atoms with E-state index in [1.165, 1.54) is 43.5 Å². The molecule has 1 atom stereocenters. The number of unbranched alkanes of at least 4 members (excludes halogenated alkanes) is 1. The summed E-state index contributed by atoms with van der Waals surface area (Å²) in [6.45, 7) is 8.06. The number of benzene rings is 2. The first-order valence-corrected chi connectivity index (χ1v) is 8.60. The SMILES string of the molecule is CCCCN(CCC(C)c1ccccc1)Cc1ccccc1. The highest BCUT2D eigenvalue weighted by Gasteiger charge is 2.10. The lowest BCUT2D eigenvalue weighted by Crippen LogP contribution is -2.26. The minimum atomic E-state index is 0.626. The first kappa shape index (κ1) is 16.8. The molecule has 0 N–H and O–H groups in total. The van der Waals surface area contributed by atoms with Crippen LogP contribution in [0, 0.1) is 0 Å². The van der Waals surface area contributed by atoms with Crippen LogP contribution in [0.5, 0.6) is 0 Å². The van der Waals surface area contributed by atoms with Gasteiger partial charge in [-0.2, -0.15) is 0 Å². The normalized spacial score (nSPS) is 12.5. The molecule has 0 radical (unpaired) electrons. The molecule has 1 nitrogen and oxygen atoms in total. The highest BCUT2D eigenvalue weighted by molar-refractivity contribution is 5.18. The standard InChI is InChI=1S/C21H29N/c1-3-4-16-22(18-20-11-7-5-8-12-20)17-15-19(2)21-13-9-6-10-14-21/h5-14,19H,3-4,15-18H2,1-2H3. The van der Waals surface area contributed by atoms with Gasteiger partial charge < -0.3 is 0 Å². The summed E-state index contributed by atoms with van der Waals surface area (Å²) >= 11 is 0. The Balaban J connectivity index is 1.89. The zero-order valence-corrected chi connectivity index (χ0v) is 14.0. The third-order valence-electron chi connectivity index (χ3n) is 4.32. The summed E-state index contributed by atoms with van der Waals surface area (Å²) in [4.78, 5) is 2.61. The molecule has 0 saturated heterocycles. The second-order valence-corrected chi connectivity index (χ2v) is 6.22. The number of nitrogens with zero attached hydrogens (tertiary/aromatic N) is 1. The molecule has 2 aromatic carbocycles. The van der Waals surface area contributed by atoms with Crippen LogP contribution in [0.3, 0.4) is 0 Å². The summed E-state index contributed by atoms with van der Waals surface area (Å²) in [6.07, 6.45) is 3.77. The Bertz CT molecular complexity index is 506. The lowest BCUT2D eigenvalue weighted by Gasteiger charge is -2.24. The minimum absolute atomic E-state index is 0.626. The molecular weight excluding hydrogens is 266 g/mol. The van der Waals surface area contributed by atoms with E-state index in [-0.39, 0.29) is 0 Å². The van der Waals surface area contributed by atoms with Crippen LogP contribution in [-0.2, 0) is 6.54 Å². The summed E-state index contributed by atoms with van der Waals surface area (Å²) in [5, 5.41) is 0. The molecule has 0 spiro atoms. The maximum Gasteiger partial charge on any atom is 0.0233 e. The largest absolute Gasteiger partial charge is 0.299 e. The molecule has 0 aliphatic rings. The zero-order chi connectivity index (χ0) is 15.6. The molecule has 0 aromatic heterocycles. The smallest absolute Gasteiger partial charge is 0.0233 e. The fourth-order valence-electron chi connectivity index (χ4n) is 2.82. The van der Waals surface area contributed by atoms with E-state index in [1.54, 1.807) is 0 Å². The molecule has 0 amide bonds. The molecule has 2 aromatic rings. The second-order valence-electron chi connectivity index (χ2n) is 6.22. The van der Waals surface area contributed by atoms with Crippen molar-refractivity contribution in [2.24, 2.45) is 0 Å². The lowest BCUT2D eigenvalue weighted by atomic mass is 9.97. The highest BCUT2D eigenvalue weighted by atomic mass is 15.1. The molecule has 0 saturated carbocycles. The minimum Gasteiger partial charge on any atom is -0.299 e. The van der Waals surface area contributed by atoms with Crippen molar-refractivity contribution >= 4 is 0 Å². The van der Waals surface area contributed by atoms with Crippen molar-refractivity contribution < 1.29 is 0 Å². The summed E-state index contributed by atoms with van der Waals surface area (Å²) < 4.78 is 0. The number of hydrogen-bond donors (Lipinski definition) is 0. The fourth-order valence-corrected chi connectivity index (χ4v) is 2.82. The van der Waals surface area contributed by atoms with Crippen LogP contribution in [-0.4, -0.2) is 18.0 Å². The van der Waals surface area contributed by atoms with Gasteiger partial charge >= 0.3 is 0 Å². The molecular formula is C21H29N. The summed E-state index contributed by atoms with van der Waals surface area (Å²) in [5.74, 6) is 0.626. The van der Waals surface area contributed by atoms with Crippen molar-refractivity contribution in [2.45, 2.75) is 45.6 Å². The molecule has 0 fully saturated rings. The lowest BCUT2D eigenvalue weighted by molar-refractivity contribution is 0.252. The van der Waals surface area contributed by atoms with Crippen molar-refractivity contribution in [3.63, 3.8) is 0 Å². The van der Waals surface area contributed by atoms with Gasteiger partial charge in [0.05, 0.1) is 0 Å². The van der Waals surface area contributed by atoms with Crippen molar-refractivity contribution in [2.75, 3.05) is 13.1 Å². The Kier molecular flexibility index (Phi) is 7.18. The van der Waals surface area contributed by atoms with Gasteiger partial charge in [0.25, 0.3) is 0 Å². The maximum atomic E-state index is 2.61. The first-order valence-electron chi connectivity index (χ1n) is 8.60. The fraction of sp³-hybridized carbons (Fsp3) is 0.429. The molecule has 1 unspecified atom stereocenters. The van der Waals surface area contributed by atoms with Crippen LogP contribution in [0.2, 0.25) is 0 Å². The van der Waals surface area contributed by atoms with Gasteiger partial charge in [-0.05, 0) is 43.0 Å². The molecule has 2 rings (SSSR count). The van der Waals surface area contributed by atoms with Crippen LogP contribution in [0.1, 0.15) is 50.2 Å². The Morgan fingerprint density at radius 3 is 2.14 bits per heavy atom. The van der Waals surface area contributed by atoms with Crippen molar-refractivity contribution in [1.82, 2.24) is 4.90 Å². The summed E-state index contributed by atoms with van der Waals surface area (Å²) in [7, 11) is 0. The Labute approximate surface area is 136 Å². The molecule has 0 aliphatic carbocycles. The van der Waals surface area contributed by atoms with Gasteiger partial charge in [-0.15, -0.1) is 0 Å². The van der Waals surface area contributed by atoms with Gasteiger partial charge in [0.2, 0.25) is 0 Å². The highest BCUT2D eigenvalue weighted by Crippen LogP contribution is 2.19. The van der Waals surface area contributed by atoms with E-state index < -0.39 is 0 Å². The van der Waals surface area contributed by atoms with Crippen molar-refractivity contribution in [3.05, 3.63) is 71.8 Å². The summed E-state index contributed by atoms with van der Waals surface area (Å²) in [6, 6.07) is 21.7. The van der Waals surface area contributed by atoms with E-state index in [4.69, 9.17) is 0 Å². The second kappa shape index (κ2) is 9.42. The van der Waals surface area contributed by atoms with E-state index >= 15 is 0 Å². The Morgan fingerprint density at radius 2 is 1.50 bits per heavy atom.